The highest BCUT2D eigenvalue weighted by Gasteiger charge is 2.06. The van der Waals surface area contributed by atoms with E-state index >= 15 is 0 Å². The molecular formula is C12H11N3O4S. The largest absolute Gasteiger partial charge is 0.484 e. The quantitative estimate of drug-likeness (QED) is 0.631. The second-order valence-electron chi connectivity index (χ2n) is 3.84. The molecule has 0 saturated carbocycles. The number of rotatable bonds is 4. The van der Waals surface area contributed by atoms with Crippen molar-refractivity contribution in [2.75, 3.05) is 6.61 Å². The summed E-state index contributed by atoms with van der Waals surface area (Å²) in [5.74, 6) is -0.0314. The third-order valence-corrected chi connectivity index (χ3v) is 3.24. The molecule has 0 aliphatic carbocycles. The zero-order valence-corrected chi connectivity index (χ0v) is 11.4. The maximum absolute atomic E-state index is 11.6. The summed E-state index contributed by atoms with van der Waals surface area (Å²) in [5, 5.41) is 12.3. The number of carbonyl (C=O) groups is 1. The third kappa shape index (κ3) is 3.51. The molecule has 0 bridgehead atoms. The number of hydrogen-bond donors (Lipinski definition) is 0. The van der Waals surface area contributed by atoms with Crippen molar-refractivity contribution in [3.63, 3.8) is 0 Å². The van der Waals surface area contributed by atoms with Gasteiger partial charge in [-0.3, -0.25) is 14.9 Å². The molecule has 0 aliphatic rings. The van der Waals surface area contributed by atoms with Crippen molar-refractivity contribution in [1.82, 2.24) is 4.57 Å². The van der Waals surface area contributed by atoms with Crippen molar-refractivity contribution in [2.45, 2.75) is 0 Å². The van der Waals surface area contributed by atoms with Gasteiger partial charge in [0.05, 0.1) is 4.92 Å². The van der Waals surface area contributed by atoms with Gasteiger partial charge in [0.1, 0.15) is 5.75 Å². The molecule has 0 spiro atoms. The van der Waals surface area contributed by atoms with Gasteiger partial charge in [-0.1, -0.05) is 0 Å². The van der Waals surface area contributed by atoms with Crippen LogP contribution in [0.2, 0.25) is 0 Å². The molecule has 0 N–H and O–H groups in total. The maximum Gasteiger partial charge on any atom is 0.286 e. The molecule has 8 heteroatoms. The van der Waals surface area contributed by atoms with Gasteiger partial charge in [-0.25, -0.2) is 0 Å². The first-order chi connectivity index (χ1) is 9.56. The predicted octanol–water partition coefficient (Wildman–Crippen LogP) is 1.50. The highest BCUT2D eigenvalue weighted by atomic mass is 32.1. The summed E-state index contributed by atoms with van der Waals surface area (Å²) < 4.78 is 6.95. The first kappa shape index (κ1) is 13.9. The Morgan fingerprint density at radius 2 is 2.15 bits per heavy atom. The molecule has 1 aromatic heterocycles. The standard InChI is InChI=1S/C12H11N3O4S/c1-14-6-7-20-12(14)13-11(16)8-19-10-4-2-9(3-5-10)15(17)18/h2-7H,8H2,1H3. The van der Waals surface area contributed by atoms with E-state index in [0.717, 1.165) is 0 Å². The number of amides is 1. The number of nitrogens with zero attached hydrogens (tertiary/aromatic N) is 3. The van der Waals surface area contributed by atoms with Crippen molar-refractivity contribution < 1.29 is 14.5 Å². The summed E-state index contributed by atoms with van der Waals surface area (Å²) in [6.45, 7) is -0.213. The van der Waals surface area contributed by atoms with Gasteiger partial charge in [0.15, 0.2) is 11.4 Å². The summed E-state index contributed by atoms with van der Waals surface area (Å²) in [6.07, 6.45) is 1.80. The molecule has 1 aromatic carbocycles. The van der Waals surface area contributed by atoms with Crippen LogP contribution in [-0.2, 0) is 11.8 Å². The second kappa shape index (κ2) is 6.11. The Morgan fingerprint density at radius 1 is 1.45 bits per heavy atom. The summed E-state index contributed by atoms with van der Waals surface area (Å²) in [6, 6.07) is 5.51. The number of ether oxygens (including phenoxy) is 1. The van der Waals surface area contributed by atoms with E-state index in [9.17, 15) is 14.9 Å². The molecular weight excluding hydrogens is 282 g/mol. The highest BCUT2D eigenvalue weighted by Crippen LogP contribution is 2.17. The van der Waals surface area contributed by atoms with Gasteiger partial charge in [0.25, 0.3) is 11.6 Å². The minimum absolute atomic E-state index is 0.0287. The number of hydrogen-bond acceptors (Lipinski definition) is 5. The molecule has 1 heterocycles. The van der Waals surface area contributed by atoms with E-state index in [-0.39, 0.29) is 12.3 Å². The van der Waals surface area contributed by atoms with E-state index in [0.29, 0.717) is 10.6 Å². The Kier molecular flexibility index (Phi) is 4.26. The van der Waals surface area contributed by atoms with E-state index in [1.807, 2.05) is 5.38 Å². The van der Waals surface area contributed by atoms with Crippen LogP contribution in [0.3, 0.4) is 0 Å². The van der Waals surface area contributed by atoms with Crippen molar-refractivity contribution in [3.05, 3.63) is 50.8 Å². The monoisotopic (exact) mass is 293 g/mol. The number of carbonyl (C=O) groups excluding carboxylic acids is 1. The Bertz CT molecular complexity index is 687. The molecule has 7 nitrogen and oxygen atoms in total. The number of thiazole rings is 1. The SMILES string of the molecule is Cn1ccsc1=NC(=O)COc1ccc([N+](=O)[O-])cc1. The number of non-ortho nitro benzene ring substituents is 1. The molecule has 0 unspecified atom stereocenters. The first-order valence-electron chi connectivity index (χ1n) is 5.61. The molecule has 20 heavy (non-hydrogen) atoms. The minimum atomic E-state index is -0.499. The zero-order chi connectivity index (χ0) is 14.5. The average molecular weight is 293 g/mol. The molecule has 0 fully saturated rings. The first-order valence-corrected chi connectivity index (χ1v) is 6.49. The van der Waals surface area contributed by atoms with Crippen LogP contribution in [0.1, 0.15) is 0 Å². The number of nitro groups is 1. The lowest BCUT2D eigenvalue weighted by Gasteiger charge is -2.02. The Balaban J connectivity index is 1.97. The molecule has 104 valence electrons. The molecule has 0 saturated heterocycles. The molecule has 0 radical (unpaired) electrons. The van der Waals surface area contributed by atoms with Crippen LogP contribution in [0.4, 0.5) is 5.69 Å². The van der Waals surface area contributed by atoms with Crippen LogP contribution in [-0.4, -0.2) is 22.0 Å². The number of benzene rings is 1. The molecule has 0 aliphatic heterocycles. The molecule has 0 atom stereocenters. The van der Waals surface area contributed by atoms with Crippen LogP contribution in [0.25, 0.3) is 0 Å². The summed E-state index contributed by atoms with van der Waals surface area (Å²) in [7, 11) is 1.79. The average Bonchev–Trinajstić information content (AvgIpc) is 2.82. The van der Waals surface area contributed by atoms with Gasteiger partial charge in [0.2, 0.25) is 0 Å². The van der Waals surface area contributed by atoms with Gasteiger partial charge in [0, 0.05) is 30.8 Å². The normalized spacial score (nSPS) is 11.3. The van der Waals surface area contributed by atoms with Crippen LogP contribution in [0.5, 0.6) is 5.75 Å². The fourth-order valence-electron chi connectivity index (χ4n) is 1.38. The van der Waals surface area contributed by atoms with Crippen molar-refractivity contribution >= 4 is 22.9 Å². The van der Waals surface area contributed by atoms with Crippen LogP contribution < -0.4 is 9.54 Å². The number of aryl methyl sites for hydroxylation is 1. The Labute approximate surface area is 117 Å². The summed E-state index contributed by atoms with van der Waals surface area (Å²) >= 11 is 1.35. The topological polar surface area (TPSA) is 86.7 Å². The van der Waals surface area contributed by atoms with Crippen molar-refractivity contribution in [1.29, 1.82) is 0 Å². The number of nitro benzene ring substituents is 1. The summed E-state index contributed by atoms with van der Waals surface area (Å²) in [4.78, 5) is 26.1. The van der Waals surface area contributed by atoms with Crippen LogP contribution in [0.15, 0.2) is 40.8 Å². The van der Waals surface area contributed by atoms with Crippen LogP contribution in [0, 0.1) is 10.1 Å². The lowest BCUT2D eigenvalue weighted by molar-refractivity contribution is -0.384. The highest BCUT2D eigenvalue weighted by molar-refractivity contribution is 7.07. The van der Waals surface area contributed by atoms with Crippen LogP contribution >= 0.6 is 11.3 Å². The van der Waals surface area contributed by atoms with Gasteiger partial charge in [-0.15, -0.1) is 11.3 Å². The smallest absolute Gasteiger partial charge is 0.286 e. The van der Waals surface area contributed by atoms with E-state index < -0.39 is 10.8 Å². The number of aromatic nitrogens is 1. The van der Waals surface area contributed by atoms with Crippen molar-refractivity contribution in [2.24, 2.45) is 12.0 Å². The van der Waals surface area contributed by atoms with Gasteiger partial charge >= 0.3 is 0 Å². The molecule has 2 rings (SSSR count). The second-order valence-corrected chi connectivity index (χ2v) is 4.71. The zero-order valence-electron chi connectivity index (χ0n) is 10.6. The minimum Gasteiger partial charge on any atom is -0.484 e. The van der Waals surface area contributed by atoms with E-state index in [1.165, 1.54) is 35.6 Å². The van der Waals surface area contributed by atoms with E-state index in [4.69, 9.17) is 4.74 Å². The third-order valence-electron chi connectivity index (χ3n) is 2.39. The van der Waals surface area contributed by atoms with E-state index in [1.54, 1.807) is 17.8 Å². The van der Waals surface area contributed by atoms with Crippen molar-refractivity contribution in [3.8, 4) is 5.75 Å². The molecule has 1 amide bonds. The summed E-state index contributed by atoms with van der Waals surface area (Å²) in [5.41, 5.74) is -0.0287. The van der Waals surface area contributed by atoms with Gasteiger partial charge in [-0.05, 0) is 12.1 Å². The lowest BCUT2D eigenvalue weighted by atomic mass is 10.3. The Hall–Kier alpha value is -2.48. The fourth-order valence-corrected chi connectivity index (χ4v) is 2.13. The fraction of sp³-hybridized carbons (Fsp3) is 0.167. The van der Waals surface area contributed by atoms with Gasteiger partial charge in [-0.2, -0.15) is 4.99 Å². The predicted molar refractivity (Wildman–Crippen MR) is 72.5 cm³/mol. The maximum atomic E-state index is 11.6. The Morgan fingerprint density at radius 3 is 2.70 bits per heavy atom. The van der Waals surface area contributed by atoms with Gasteiger partial charge < -0.3 is 9.30 Å². The molecule has 2 aromatic rings. The van der Waals surface area contributed by atoms with E-state index in [2.05, 4.69) is 4.99 Å². The lowest BCUT2D eigenvalue weighted by Crippen LogP contribution is -2.16.